The first-order chi connectivity index (χ1) is 9.74. The zero-order valence-corrected chi connectivity index (χ0v) is 10.7. The molecule has 3 aromatic rings. The van der Waals surface area contributed by atoms with Crippen LogP contribution in [0.2, 0.25) is 0 Å². The zero-order valence-electron chi connectivity index (χ0n) is 10.7. The van der Waals surface area contributed by atoms with Gasteiger partial charge >= 0.3 is 0 Å². The number of methoxy groups -OCH3 is 1. The fraction of sp³-hybridized carbons (Fsp3) is 0.0714. The van der Waals surface area contributed by atoms with Gasteiger partial charge in [-0.1, -0.05) is 0 Å². The van der Waals surface area contributed by atoms with Gasteiger partial charge in [-0.25, -0.2) is 4.52 Å². The van der Waals surface area contributed by atoms with Crippen molar-refractivity contribution in [3.8, 4) is 17.0 Å². The van der Waals surface area contributed by atoms with E-state index in [1.54, 1.807) is 37.6 Å². The number of nitrogens with zero attached hydrogens (tertiary/aromatic N) is 2. The second-order valence-electron chi connectivity index (χ2n) is 4.19. The smallest absolute Gasteiger partial charge is 0.274 e. The third-order valence-corrected chi connectivity index (χ3v) is 3.07. The lowest BCUT2D eigenvalue weighted by atomic mass is 10.1. The van der Waals surface area contributed by atoms with E-state index in [0.717, 1.165) is 5.56 Å². The Bertz CT molecular complexity index is 831. The van der Waals surface area contributed by atoms with Gasteiger partial charge in [0, 0.05) is 18.0 Å². The number of H-pyrrole nitrogens is 1. The molecule has 2 aromatic heterocycles. The lowest BCUT2D eigenvalue weighted by molar-refractivity contribution is 0.112. The Morgan fingerprint density at radius 2 is 2.05 bits per heavy atom. The molecule has 0 bridgehead atoms. The summed E-state index contributed by atoms with van der Waals surface area (Å²) in [5.74, 6) is 0.711. The fourth-order valence-corrected chi connectivity index (χ4v) is 2.11. The van der Waals surface area contributed by atoms with Crippen molar-refractivity contribution in [1.82, 2.24) is 14.6 Å². The first-order valence-corrected chi connectivity index (χ1v) is 5.94. The Kier molecular flexibility index (Phi) is 2.83. The molecular weight excluding hydrogens is 258 g/mol. The van der Waals surface area contributed by atoms with Gasteiger partial charge in [0.05, 0.1) is 12.7 Å². The summed E-state index contributed by atoms with van der Waals surface area (Å²) in [7, 11) is 1.58. The average molecular weight is 269 g/mol. The molecule has 0 saturated heterocycles. The van der Waals surface area contributed by atoms with Crippen LogP contribution in [0, 0.1) is 0 Å². The quantitative estimate of drug-likeness (QED) is 0.731. The van der Waals surface area contributed by atoms with E-state index in [-0.39, 0.29) is 16.6 Å². The normalized spacial score (nSPS) is 10.7. The molecule has 0 amide bonds. The summed E-state index contributed by atoms with van der Waals surface area (Å²) in [5, 5.41) is 4.29. The standard InChI is InChI=1S/C14H11N3O3/c1-20-10-4-2-9(3-5-10)12-11(8-18)13-14(19)15-6-7-17(13)16-12/h2-8H,1H3,(H,15,19). The Morgan fingerprint density at radius 3 is 2.70 bits per heavy atom. The van der Waals surface area contributed by atoms with Gasteiger partial charge in [-0.05, 0) is 24.3 Å². The number of fused-ring (bicyclic) bond motifs is 1. The van der Waals surface area contributed by atoms with Crippen LogP contribution < -0.4 is 10.3 Å². The first-order valence-electron chi connectivity index (χ1n) is 5.94. The van der Waals surface area contributed by atoms with Crippen molar-refractivity contribution >= 4 is 11.8 Å². The fourth-order valence-electron chi connectivity index (χ4n) is 2.11. The maximum Gasteiger partial charge on any atom is 0.274 e. The number of hydrogen-bond acceptors (Lipinski definition) is 4. The lowest BCUT2D eigenvalue weighted by Gasteiger charge is -2.01. The predicted octanol–water partition coefficient (Wildman–Crippen LogP) is 1.51. The molecule has 6 nitrogen and oxygen atoms in total. The molecule has 0 spiro atoms. The van der Waals surface area contributed by atoms with Gasteiger partial charge in [-0.2, -0.15) is 5.10 Å². The molecule has 1 N–H and O–H groups in total. The van der Waals surface area contributed by atoms with Gasteiger partial charge in [0.15, 0.2) is 6.29 Å². The molecule has 3 rings (SSSR count). The van der Waals surface area contributed by atoms with Crippen LogP contribution in [0.3, 0.4) is 0 Å². The second kappa shape index (κ2) is 4.65. The number of hydrogen-bond donors (Lipinski definition) is 1. The van der Waals surface area contributed by atoms with E-state index in [4.69, 9.17) is 4.74 Å². The molecule has 100 valence electrons. The molecule has 20 heavy (non-hydrogen) atoms. The highest BCUT2D eigenvalue weighted by atomic mass is 16.5. The second-order valence-corrected chi connectivity index (χ2v) is 4.19. The summed E-state index contributed by atoms with van der Waals surface area (Å²) in [6, 6.07) is 7.14. The van der Waals surface area contributed by atoms with Crippen LogP contribution >= 0.6 is 0 Å². The number of carbonyl (C=O) groups excluding carboxylic acids is 1. The lowest BCUT2D eigenvalue weighted by Crippen LogP contribution is -2.09. The number of benzene rings is 1. The summed E-state index contributed by atoms with van der Waals surface area (Å²) in [6.45, 7) is 0. The largest absolute Gasteiger partial charge is 0.497 e. The predicted molar refractivity (Wildman–Crippen MR) is 73.2 cm³/mol. The van der Waals surface area contributed by atoms with E-state index in [1.165, 1.54) is 10.7 Å². The zero-order chi connectivity index (χ0) is 14.1. The first kappa shape index (κ1) is 12.2. The molecule has 1 aromatic carbocycles. The molecule has 0 radical (unpaired) electrons. The topological polar surface area (TPSA) is 76.5 Å². The van der Waals surface area contributed by atoms with E-state index < -0.39 is 0 Å². The Hall–Kier alpha value is -2.89. The summed E-state index contributed by atoms with van der Waals surface area (Å²) < 4.78 is 6.49. The van der Waals surface area contributed by atoms with Crippen LogP contribution in [0.5, 0.6) is 5.75 Å². The monoisotopic (exact) mass is 269 g/mol. The number of aldehydes is 1. The summed E-state index contributed by atoms with van der Waals surface area (Å²) in [4.78, 5) is 25.7. The number of aromatic nitrogens is 3. The van der Waals surface area contributed by atoms with Crippen molar-refractivity contribution in [2.75, 3.05) is 7.11 Å². The van der Waals surface area contributed by atoms with E-state index in [9.17, 15) is 9.59 Å². The number of carbonyl (C=O) groups is 1. The van der Waals surface area contributed by atoms with Crippen molar-refractivity contribution in [3.05, 3.63) is 52.6 Å². The van der Waals surface area contributed by atoms with Gasteiger partial charge in [0.2, 0.25) is 0 Å². The van der Waals surface area contributed by atoms with Crippen LogP contribution in [-0.4, -0.2) is 28.0 Å². The molecule has 0 aliphatic rings. The molecule has 0 atom stereocenters. The molecule has 0 aliphatic heterocycles. The van der Waals surface area contributed by atoms with Crippen LogP contribution in [0.4, 0.5) is 0 Å². The van der Waals surface area contributed by atoms with E-state index in [2.05, 4.69) is 10.1 Å². The van der Waals surface area contributed by atoms with Crippen molar-refractivity contribution in [2.24, 2.45) is 0 Å². The number of ether oxygens (including phenoxy) is 1. The molecule has 0 fully saturated rings. The minimum absolute atomic E-state index is 0.244. The summed E-state index contributed by atoms with van der Waals surface area (Å²) in [6.07, 6.45) is 3.72. The van der Waals surface area contributed by atoms with Gasteiger partial charge in [0.1, 0.15) is 17.0 Å². The third-order valence-electron chi connectivity index (χ3n) is 3.07. The van der Waals surface area contributed by atoms with E-state index >= 15 is 0 Å². The molecular formula is C14H11N3O3. The number of aromatic amines is 1. The third kappa shape index (κ3) is 1.78. The van der Waals surface area contributed by atoms with Crippen molar-refractivity contribution in [3.63, 3.8) is 0 Å². The summed E-state index contributed by atoms with van der Waals surface area (Å²) >= 11 is 0. The molecule has 0 saturated carbocycles. The Balaban J connectivity index is 2.27. The van der Waals surface area contributed by atoms with Crippen LogP contribution in [0.1, 0.15) is 10.4 Å². The highest BCUT2D eigenvalue weighted by Gasteiger charge is 2.16. The number of rotatable bonds is 3. The average Bonchev–Trinajstić information content (AvgIpc) is 2.87. The minimum Gasteiger partial charge on any atom is -0.497 e. The Labute approximate surface area is 113 Å². The van der Waals surface area contributed by atoms with Gasteiger partial charge in [-0.3, -0.25) is 9.59 Å². The van der Waals surface area contributed by atoms with E-state index in [0.29, 0.717) is 17.7 Å². The Morgan fingerprint density at radius 1 is 1.30 bits per heavy atom. The SMILES string of the molecule is COc1ccc(-c2nn3cc[nH]c(=O)c3c2C=O)cc1. The molecule has 2 heterocycles. The van der Waals surface area contributed by atoms with Gasteiger partial charge in [0.25, 0.3) is 5.56 Å². The minimum atomic E-state index is -0.345. The van der Waals surface area contributed by atoms with Crippen LogP contribution in [0.15, 0.2) is 41.5 Å². The molecule has 0 unspecified atom stereocenters. The van der Waals surface area contributed by atoms with Gasteiger partial charge in [-0.15, -0.1) is 0 Å². The molecule has 6 heteroatoms. The van der Waals surface area contributed by atoms with Gasteiger partial charge < -0.3 is 9.72 Å². The van der Waals surface area contributed by atoms with E-state index in [1.807, 2.05) is 0 Å². The number of nitrogens with one attached hydrogen (secondary N) is 1. The van der Waals surface area contributed by atoms with Crippen LogP contribution in [0.25, 0.3) is 16.8 Å². The van der Waals surface area contributed by atoms with Crippen molar-refractivity contribution in [1.29, 1.82) is 0 Å². The maximum absolute atomic E-state index is 11.8. The molecule has 0 aliphatic carbocycles. The highest BCUT2D eigenvalue weighted by molar-refractivity contribution is 5.94. The van der Waals surface area contributed by atoms with Crippen molar-refractivity contribution in [2.45, 2.75) is 0 Å². The summed E-state index contributed by atoms with van der Waals surface area (Å²) in [5.41, 5.74) is 1.39. The van der Waals surface area contributed by atoms with Crippen molar-refractivity contribution < 1.29 is 9.53 Å². The maximum atomic E-state index is 11.8. The van der Waals surface area contributed by atoms with Crippen LogP contribution in [-0.2, 0) is 0 Å². The highest BCUT2D eigenvalue weighted by Crippen LogP contribution is 2.25.